The minimum Gasteiger partial charge on any atom is -0.345 e. The lowest BCUT2D eigenvalue weighted by atomic mass is 10.1. The third-order valence-electron chi connectivity index (χ3n) is 6.59. The van der Waals surface area contributed by atoms with E-state index in [1.165, 1.54) is 17.1 Å². The molecule has 0 fully saturated rings. The van der Waals surface area contributed by atoms with Crippen molar-refractivity contribution in [1.29, 1.82) is 0 Å². The van der Waals surface area contributed by atoms with E-state index in [0.717, 1.165) is 22.7 Å². The highest BCUT2D eigenvalue weighted by Crippen LogP contribution is 2.37. The molecule has 0 aliphatic carbocycles. The first-order valence-electron chi connectivity index (χ1n) is 12.8. The van der Waals surface area contributed by atoms with Crippen LogP contribution in [0.15, 0.2) is 140 Å². The summed E-state index contributed by atoms with van der Waals surface area (Å²) in [6, 6.07) is 49.5. The van der Waals surface area contributed by atoms with Gasteiger partial charge in [-0.2, -0.15) is 0 Å². The first kappa shape index (κ1) is 24.2. The van der Waals surface area contributed by atoms with Crippen molar-refractivity contribution in [2.45, 2.75) is 19.9 Å². The van der Waals surface area contributed by atoms with Gasteiger partial charge in [-0.1, -0.05) is 54.6 Å². The van der Waals surface area contributed by atoms with Crippen LogP contribution in [0.2, 0.25) is 0 Å². The van der Waals surface area contributed by atoms with Gasteiger partial charge in [0.1, 0.15) is 0 Å². The van der Waals surface area contributed by atoms with Crippen LogP contribution in [0.1, 0.15) is 13.8 Å². The molecule has 5 rings (SSSR count). The van der Waals surface area contributed by atoms with Crippen molar-refractivity contribution in [1.82, 2.24) is 0 Å². The molecule has 0 bridgehead atoms. The van der Waals surface area contributed by atoms with E-state index in [1.807, 2.05) is 6.07 Å². The van der Waals surface area contributed by atoms with Crippen molar-refractivity contribution in [3.8, 4) is 0 Å². The molecule has 37 heavy (non-hydrogen) atoms. The SMILES string of the molecule is CC(C)N(c1ccccc1)c1ccc(N(c2ccccc2)c2ccc(N(C)c3ccccc3)cc2)cc1. The van der Waals surface area contributed by atoms with Crippen LogP contribution in [0.5, 0.6) is 0 Å². The molecular weight excluding hydrogens is 450 g/mol. The van der Waals surface area contributed by atoms with E-state index in [9.17, 15) is 0 Å². The molecule has 5 aromatic carbocycles. The Bertz CT molecular complexity index is 1380. The summed E-state index contributed by atoms with van der Waals surface area (Å²) in [5.41, 5.74) is 8.06. The number of nitrogens with zero attached hydrogens (tertiary/aromatic N) is 3. The zero-order chi connectivity index (χ0) is 25.6. The number of para-hydroxylation sites is 3. The summed E-state index contributed by atoms with van der Waals surface area (Å²) in [6.45, 7) is 4.45. The zero-order valence-corrected chi connectivity index (χ0v) is 21.7. The number of hydrogen-bond acceptors (Lipinski definition) is 3. The molecule has 3 nitrogen and oxygen atoms in total. The fourth-order valence-corrected chi connectivity index (χ4v) is 4.75. The molecule has 0 atom stereocenters. The van der Waals surface area contributed by atoms with Crippen LogP contribution < -0.4 is 14.7 Å². The highest BCUT2D eigenvalue weighted by molar-refractivity contribution is 5.79. The average molecular weight is 484 g/mol. The minimum atomic E-state index is 0.340. The van der Waals surface area contributed by atoms with Crippen molar-refractivity contribution < 1.29 is 0 Å². The Labute approximate surface area is 220 Å². The summed E-state index contributed by atoms with van der Waals surface area (Å²) in [5, 5.41) is 0. The molecule has 0 aliphatic heterocycles. The van der Waals surface area contributed by atoms with Crippen LogP contribution in [0.4, 0.5) is 39.8 Å². The predicted molar refractivity (Wildman–Crippen MR) is 159 cm³/mol. The van der Waals surface area contributed by atoms with Gasteiger partial charge < -0.3 is 14.7 Å². The molecule has 0 heterocycles. The number of hydrogen-bond donors (Lipinski definition) is 0. The Morgan fingerprint density at radius 1 is 0.378 bits per heavy atom. The zero-order valence-electron chi connectivity index (χ0n) is 21.7. The average Bonchev–Trinajstić information content (AvgIpc) is 2.96. The molecule has 5 aromatic rings. The van der Waals surface area contributed by atoms with Gasteiger partial charge in [-0.15, -0.1) is 0 Å². The summed E-state index contributed by atoms with van der Waals surface area (Å²) in [4.78, 5) is 6.87. The normalized spacial score (nSPS) is 10.8. The first-order chi connectivity index (χ1) is 18.1. The van der Waals surface area contributed by atoms with Gasteiger partial charge in [-0.05, 0) is 98.8 Å². The minimum absolute atomic E-state index is 0.340. The topological polar surface area (TPSA) is 9.72 Å². The Morgan fingerprint density at radius 2 is 0.676 bits per heavy atom. The van der Waals surface area contributed by atoms with E-state index in [0.29, 0.717) is 6.04 Å². The Kier molecular flexibility index (Phi) is 7.23. The highest BCUT2D eigenvalue weighted by atomic mass is 15.2. The van der Waals surface area contributed by atoms with Crippen LogP contribution in [0.25, 0.3) is 0 Å². The van der Waals surface area contributed by atoms with Crippen LogP contribution in [-0.4, -0.2) is 13.1 Å². The van der Waals surface area contributed by atoms with Gasteiger partial charge in [0.15, 0.2) is 0 Å². The molecule has 0 saturated heterocycles. The lowest BCUT2D eigenvalue weighted by Gasteiger charge is -2.30. The second-order valence-electron chi connectivity index (χ2n) is 9.40. The van der Waals surface area contributed by atoms with Gasteiger partial charge in [-0.3, -0.25) is 0 Å². The Morgan fingerprint density at radius 3 is 1.14 bits per heavy atom. The standard InChI is InChI=1S/C34H33N3/c1-27(2)36(30-15-9-5-10-16-30)32-23-25-34(26-24-32)37(31-17-11-6-12-18-31)33-21-19-29(20-22-33)35(3)28-13-7-4-8-14-28/h4-27H,1-3H3. The number of benzene rings is 5. The molecule has 0 aromatic heterocycles. The van der Waals surface area contributed by atoms with Crippen LogP contribution >= 0.6 is 0 Å². The maximum Gasteiger partial charge on any atom is 0.0463 e. The van der Waals surface area contributed by atoms with Crippen molar-refractivity contribution in [2.75, 3.05) is 21.7 Å². The monoisotopic (exact) mass is 483 g/mol. The van der Waals surface area contributed by atoms with Crippen molar-refractivity contribution >= 4 is 39.8 Å². The molecule has 0 amide bonds. The van der Waals surface area contributed by atoms with E-state index in [2.05, 4.69) is 169 Å². The summed E-state index contributed by atoms with van der Waals surface area (Å²) >= 11 is 0. The molecule has 0 spiro atoms. The summed E-state index contributed by atoms with van der Waals surface area (Å²) in [7, 11) is 2.10. The molecule has 0 radical (unpaired) electrons. The number of anilines is 7. The van der Waals surface area contributed by atoms with Crippen LogP contribution in [0.3, 0.4) is 0 Å². The third kappa shape index (κ3) is 5.36. The second kappa shape index (κ2) is 11.0. The first-order valence-corrected chi connectivity index (χ1v) is 12.8. The van der Waals surface area contributed by atoms with Crippen molar-refractivity contribution in [3.63, 3.8) is 0 Å². The maximum atomic E-state index is 2.37. The molecule has 184 valence electrons. The molecular formula is C34H33N3. The molecule has 0 unspecified atom stereocenters. The molecule has 0 saturated carbocycles. The fraction of sp³-hybridized carbons (Fsp3) is 0.118. The van der Waals surface area contributed by atoms with Crippen molar-refractivity contribution in [3.05, 3.63) is 140 Å². The van der Waals surface area contributed by atoms with Gasteiger partial charge in [0.05, 0.1) is 0 Å². The van der Waals surface area contributed by atoms with Crippen LogP contribution in [0, 0.1) is 0 Å². The highest BCUT2D eigenvalue weighted by Gasteiger charge is 2.16. The lowest BCUT2D eigenvalue weighted by Crippen LogP contribution is -2.25. The summed E-state index contributed by atoms with van der Waals surface area (Å²) in [5.74, 6) is 0. The van der Waals surface area contributed by atoms with E-state index < -0.39 is 0 Å². The van der Waals surface area contributed by atoms with E-state index in [-0.39, 0.29) is 0 Å². The van der Waals surface area contributed by atoms with Gasteiger partial charge in [0, 0.05) is 52.9 Å². The van der Waals surface area contributed by atoms with Gasteiger partial charge in [0.25, 0.3) is 0 Å². The molecule has 0 aliphatic rings. The smallest absolute Gasteiger partial charge is 0.0463 e. The van der Waals surface area contributed by atoms with E-state index in [4.69, 9.17) is 0 Å². The van der Waals surface area contributed by atoms with E-state index >= 15 is 0 Å². The molecule has 0 N–H and O–H groups in total. The van der Waals surface area contributed by atoms with E-state index in [1.54, 1.807) is 0 Å². The lowest BCUT2D eigenvalue weighted by molar-refractivity contribution is 0.789. The quantitative estimate of drug-likeness (QED) is 0.218. The van der Waals surface area contributed by atoms with Gasteiger partial charge in [0.2, 0.25) is 0 Å². The fourth-order valence-electron chi connectivity index (χ4n) is 4.75. The third-order valence-corrected chi connectivity index (χ3v) is 6.59. The second-order valence-corrected chi connectivity index (χ2v) is 9.40. The Hall–Kier alpha value is -4.50. The van der Waals surface area contributed by atoms with Crippen LogP contribution in [-0.2, 0) is 0 Å². The number of rotatable bonds is 8. The summed E-state index contributed by atoms with van der Waals surface area (Å²) < 4.78 is 0. The predicted octanol–water partition coefficient (Wildman–Crippen LogP) is 9.47. The maximum absolute atomic E-state index is 2.37. The van der Waals surface area contributed by atoms with Crippen molar-refractivity contribution in [2.24, 2.45) is 0 Å². The largest absolute Gasteiger partial charge is 0.345 e. The molecule has 3 heteroatoms. The Balaban J connectivity index is 1.48. The van der Waals surface area contributed by atoms with Gasteiger partial charge in [-0.25, -0.2) is 0 Å². The summed E-state index contributed by atoms with van der Waals surface area (Å²) in [6.07, 6.45) is 0. The van der Waals surface area contributed by atoms with Gasteiger partial charge >= 0.3 is 0 Å².